The molecule has 0 aliphatic carbocycles. The molecule has 2 aromatic carbocycles. The topological polar surface area (TPSA) is 113 Å². The van der Waals surface area contributed by atoms with Crippen LogP contribution < -0.4 is 16.0 Å². The summed E-state index contributed by atoms with van der Waals surface area (Å²) < 4.78 is 0. The summed E-state index contributed by atoms with van der Waals surface area (Å²) in [4.78, 5) is 46.1. The van der Waals surface area contributed by atoms with E-state index in [1.807, 2.05) is 24.3 Å². The van der Waals surface area contributed by atoms with Crippen LogP contribution in [0.5, 0.6) is 0 Å². The molecule has 1 fully saturated rings. The fourth-order valence-corrected chi connectivity index (χ4v) is 4.26. The average molecular weight is 454 g/mol. The molecule has 8 heteroatoms. The molecule has 170 valence electrons. The van der Waals surface area contributed by atoms with E-state index in [0.29, 0.717) is 41.5 Å². The highest BCUT2D eigenvalue weighted by Crippen LogP contribution is 2.33. The Hall–Kier alpha value is -4.33. The van der Waals surface area contributed by atoms with Gasteiger partial charge < -0.3 is 16.0 Å². The highest BCUT2D eigenvalue weighted by molar-refractivity contribution is 6.02. The maximum absolute atomic E-state index is 13.0. The van der Waals surface area contributed by atoms with Gasteiger partial charge in [-0.1, -0.05) is 30.4 Å². The van der Waals surface area contributed by atoms with Gasteiger partial charge in [0.05, 0.1) is 23.7 Å². The third-order valence-electron chi connectivity index (χ3n) is 6.06. The lowest BCUT2D eigenvalue weighted by molar-refractivity contribution is -0.121. The number of fused-ring (bicyclic) bond motifs is 3. The summed E-state index contributed by atoms with van der Waals surface area (Å²) in [5, 5.41) is 8.85. The smallest absolute Gasteiger partial charge is 0.228 e. The number of carbonyl (C=O) groups excluding carboxylic acids is 3. The molecule has 1 aromatic heterocycles. The van der Waals surface area contributed by atoms with Crippen molar-refractivity contribution in [3.8, 4) is 11.3 Å². The van der Waals surface area contributed by atoms with Gasteiger partial charge in [-0.05, 0) is 36.8 Å². The highest BCUT2D eigenvalue weighted by Gasteiger charge is 2.28. The van der Waals surface area contributed by atoms with Crippen molar-refractivity contribution in [2.75, 3.05) is 17.2 Å². The quantitative estimate of drug-likeness (QED) is 0.411. The van der Waals surface area contributed by atoms with Crippen molar-refractivity contribution < 1.29 is 14.4 Å². The maximum Gasteiger partial charge on any atom is 0.228 e. The van der Waals surface area contributed by atoms with E-state index in [1.165, 1.54) is 0 Å². The van der Waals surface area contributed by atoms with Gasteiger partial charge >= 0.3 is 0 Å². The van der Waals surface area contributed by atoms with Gasteiger partial charge in [0.2, 0.25) is 17.8 Å². The second-order valence-electron chi connectivity index (χ2n) is 8.42. The molecule has 0 spiro atoms. The summed E-state index contributed by atoms with van der Waals surface area (Å²) in [5.41, 5.74) is 5.01. The predicted octanol–water partition coefficient (Wildman–Crippen LogP) is 3.65. The Labute approximate surface area is 196 Å². The molecule has 2 aliphatic heterocycles. The van der Waals surface area contributed by atoms with Gasteiger partial charge in [-0.2, -0.15) is 0 Å². The van der Waals surface area contributed by atoms with Crippen LogP contribution in [0, 0.1) is 5.92 Å². The first-order valence-corrected chi connectivity index (χ1v) is 11.1. The zero-order valence-electron chi connectivity index (χ0n) is 18.4. The fraction of sp³-hybridized carbons (Fsp3) is 0.192. The molecule has 0 bridgehead atoms. The van der Waals surface area contributed by atoms with Gasteiger partial charge in [-0.3, -0.25) is 14.4 Å². The number of anilines is 3. The number of rotatable bonds is 4. The van der Waals surface area contributed by atoms with Gasteiger partial charge in [0.1, 0.15) is 0 Å². The summed E-state index contributed by atoms with van der Waals surface area (Å²) in [6, 6.07) is 14.5. The number of hydrogen-bond donors (Lipinski definition) is 3. The first-order chi connectivity index (χ1) is 16.5. The van der Waals surface area contributed by atoms with Crippen LogP contribution in [0.15, 0.2) is 66.9 Å². The molecular weight excluding hydrogens is 430 g/mol. The second-order valence-corrected chi connectivity index (χ2v) is 8.42. The lowest BCUT2D eigenvalue weighted by Gasteiger charge is -2.15. The zero-order chi connectivity index (χ0) is 23.7. The molecule has 3 aromatic rings. The van der Waals surface area contributed by atoms with E-state index in [2.05, 4.69) is 32.5 Å². The molecular formula is C26H23N5O3. The lowest BCUT2D eigenvalue weighted by atomic mass is 9.87. The van der Waals surface area contributed by atoms with Crippen molar-refractivity contribution in [1.82, 2.24) is 15.3 Å². The van der Waals surface area contributed by atoms with E-state index in [-0.39, 0.29) is 30.4 Å². The van der Waals surface area contributed by atoms with Crippen molar-refractivity contribution in [3.05, 3.63) is 78.0 Å². The van der Waals surface area contributed by atoms with Gasteiger partial charge in [0.25, 0.3) is 0 Å². The number of benzene rings is 2. The van der Waals surface area contributed by atoms with Gasteiger partial charge in [-0.25, -0.2) is 9.97 Å². The normalized spacial score (nSPS) is 17.4. The summed E-state index contributed by atoms with van der Waals surface area (Å²) in [6.07, 6.45) is 2.58. The number of carbonyl (C=O) groups is 3. The molecule has 1 atom stereocenters. The Balaban J connectivity index is 1.37. The predicted molar refractivity (Wildman–Crippen MR) is 129 cm³/mol. The fourth-order valence-electron chi connectivity index (χ4n) is 4.26. The van der Waals surface area contributed by atoms with E-state index in [0.717, 1.165) is 16.7 Å². The monoisotopic (exact) mass is 453 g/mol. The molecule has 1 unspecified atom stereocenters. The SMILES string of the molecule is C=C1CCNC(=O)CC1C(=O)c1ccc(Nc2ncc3c(n2)-c2ccccc2NC(=O)C3)cc1. The van der Waals surface area contributed by atoms with Crippen LogP contribution >= 0.6 is 0 Å². The number of ketones is 1. The largest absolute Gasteiger partial charge is 0.356 e. The Morgan fingerprint density at radius 1 is 1.06 bits per heavy atom. The second kappa shape index (κ2) is 8.90. The van der Waals surface area contributed by atoms with Crippen LogP contribution in [-0.2, 0) is 16.0 Å². The minimum atomic E-state index is -0.509. The number of nitrogens with zero attached hydrogens (tertiary/aromatic N) is 2. The van der Waals surface area contributed by atoms with Crippen molar-refractivity contribution in [3.63, 3.8) is 0 Å². The van der Waals surface area contributed by atoms with Gasteiger partial charge in [0, 0.05) is 41.5 Å². The van der Waals surface area contributed by atoms with Crippen LogP contribution in [0.2, 0.25) is 0 Å². The van der Waals surface area contributed by atoms with E-state index in [4.69, 9.17) is 0 Å². The van der Waals surface area contributed by atoms with Crippen LogP contribution in [0.1, 0.15) is 28.8 Å². The highest BCUT2D eigenvalue weighted by atomic mass is 16.2. The molecule has 8 nitrogen and oxygen atoms in total. The number of Topliss-reactive ketones (excluding diaryl/α,β-unsaturated/α-hetero) is 1. The number of para-hydroxylation sites is 1. The summed E-state index contributed by atoms with van der Waals surface area (Å²) >= 11 is 0. The van der Waals surface area contributed by atoms with Gasteiger partial charge in [0.15, 0.2) is 5.78 Å². The van der Waals surface area contributed by atoms with E-state index in [9.17, 15) is 14.4 Å². The summed E-state index contributed by atoms with van der Waals surface area (Å²) in [5.74, 6) is -0.469. The van der Waals surface area contributed by atoms with E-state index < -0.39 is 5.92 Å². The Bertz CT molecular complexity index is 1320. The third kappa shape index (κ3) is 4.30. The average Bonchev–Trinajstić information content (AvgIpc) is 3.09. The Morgan fingerprint density at radius 2 is 1.85 bits per heavy atom. The molecule has 1 saturated heterocycles. The maximum atomic E-state index is 13.0. The number of aromatic nitrogens is 2. The number of nitrogens with one attached hydrogen (secondary N) is 3. The van der Waals surface area contributed by atoms with Crippen LogP contribution in [0.4, 0.5) is 17.3 Å². The first kappa shape index (κ1) is 21.5. The number of hydrogen-bond acceptors (Lipinski definition) is 6. The molecule has 2 aliphatic rings. The summed E-state index contributed by atoms with van der Waals surface area (Å²) in [6.45, 7) is 4.52. The lowest BCUT2D eigenvalue weighted by Crippen LogP contribution is -2.24. The molecule has 3 heterocycles. The Kier molecular flexibility index (Phi) is 5.63. The standard InChI is InChI=1S/C26H23N5O3/c1-15-10-11-27-22(32)13-20(15)25(34)16-6-8-18(9-7-16)29-26-28-14-17-12-23(33)30-21-5-3-2-4-19(21)24(17)31-26/h2-9,14,20H,1,10-13H2,(H,27,32)(H,30,33)(H,28,29,31). The van der Waals surface area contributed by atoms with Crippen LogP contribution in [0.25, 0.3) is 11.3 Å². The van der Waals surface area contributed by atoms with Crippen molar-refractivity contribution in [2.45, 2.75) is 19.3 Å². The molecule has 3 N–H and O–H groups in total. The minimum Gasteiger partial charge on any atom is -0.356 e. The van der Waals surface area contributed by atoms with Crippen molar-refractivity contribution >= 4 is 34.9 Å². The molecule has 0 radical (unpaired) electrons. The van der Waals surface area contributed by atoms with Crippen LogP contribution in [-0.4, -0.2) is 34.1 Å². The van der Waals surface area contributed by atoms with Crippen molar-refractivity contribution in [2.24, 2.45) is 5.92 Å². The third-order valence-corrected chi connectivity index (χ3v) is 6.06. The van der Waals surface area contributed by atoms with Crippen LogP contribution in [0.3, 0.4) is 0 Å². The van der Waals surface area contributed by atoms with Crippen molar-refractivity contribution in [1.29, 1.82) is 0 Å². The Morgan fingerprint density at radius 3 is 2.68 bits per heavy atom. The summed E-state index contributed by atoms with van der Waals surface area (Å²) in [7, 11) is 0. The number of amides is 2. The van der Waals surface area contributed by atoms with E-state index >= 15 is 0 Å². The van der Waals surface area contributed by atoms with Gasteiger partial charge in [-0.15, -0.1) is 0 Å². The zero-order valence-corrected chi connectivity index (χ0v) is 18.4. The molecule has 0 saturated carbocycles. The molecule has 34 heavy (non-hydrogen) atoms. The molecule has 5 rings (SSSR count). The van der Waals surface area contributed by atoms with E-state index in [1.54, 1.807) is 30.5 Å². The minimum absolute atomic E-state index is 0.107. The molecule has 2 amide bonds. The first-order valence-electron chi connectivity index (χ1n) is 11.1.